The number of halogens is 3. The molecule has 1 N–H and O–H groups in total. The minimum atomic E-state index is -4.53. The quantitative estimate of drug-likeness (QED) is 0.687. The predicted molar refractivity (Wildman–Crippen MR) is 72.4 cm³/mol. The Kier molecular flexibility index (Phi) is 4.54. The molecule has 4 nitrogen and oxygen atoms in total. The highest BCUT2D eigenvalue weighted by atomic mass is 32.2. The first-order valence-electron chi connectivity index (χ1n) is 6.05. The first-order valence-corrected chi connectivity index (χ1v) is 7.10. The number of rotatable bonds is 4. The molecule has 20 heavy (non-hydrogen) atoms. The lowest BCUT2D eigenvalue weighted by Gasteiger charge is -2.17. The van der Waals surface area contributed by atoms with Crippen LogP contribution < -0.4 is 0 Å². The van der Waals surface area contributed by atoms with Gasteiger partial charge in [-0.05, 0) is 19.6 Å². The van der Waals surface area contributed by atoms with Gasteiger partial charge in [0.1, 0.15) is 5.82 Å². The molecule has 0 fully saturated rings. The van der Waals surface area contributed by atoms with Gasteiger partial charge >= 0.3 is 6.18 Å². The number of nitrogens with zero attached hydrogens (tertiary/aromatic N) is 3. The van der Waals surface area contributed by atoms with Crippen LogP contribution in [-0.2, 0) is 19.1 Å². The highest BCUT2D eigenvalue weighted by Gasteiger charge is 2.40. The third kappa shape index (κ3) is 2.90. The van der Waals surface area contributed by atoms with Crippen molar-refractivity contribution >= 4 is 24.2 Å². The van der Waals surface area contributed by atoms with E-state index in [2.05, 4.69) is 16.7 Å². The maximum Gasteiger partial charge on any atom is 0.435 e. The summed E-state index contributed by atoms with van der Waals surface area (Å²) in [6.45, 7) is 3.81. The minimum absolute atomic E-state index is 0.0526. The van der Waals surface area contributed by atoms with Crippen molar-refractivity contribution in [1.82, 2.24) is 9.55 Å². The van der Waals surface area contributed by atoms with Crippen molar-refractivity contribution in [1.29, 1.82) is 0 Å². The number of aliphatic hydroxyl groups is 1. The number of alkyl halides is 3. The third-order valence-corrected chi connectivity index (χ3v) is 3.57. The maximum absolute atomic E-state index is 13.1. The topological polar surface area (TPSA) is 50.4 Å². The molecular formula is C12H14F3N3OS. The molecule has 0 amide bonds. The van der Waals surface area contributed by atoms with Crippen LogP contribution in [0.15, 0.2) is 10.4 Å². The smallest absolute Gasteiger partial charge is 0.385 e. The van der Waals surface area contributed by atoms with Gasteiger partial charge in [-0.2, -0.15) is 13.2 Å². The van der Waals surface area contributed by atoms with E-state index in [4.69, 9.17) is 5.11 Å². The van der Waals surface area contributed by atoms with Gasteiger partial charge in [0, 0.05) is 18.4 Å². The molecule has 2 heterocycles. The van der Waals surface area contributed by atoms with Crippen molar-refractivity contribution in [3.8, 4) is 0 Å². The van der Waals surface area contributed by atoms with E-state index >= 15 is 0 Å². The van der Waals surface area contributed by atoms with Gasteiger partial charge in [0.05, 0.1) is 17.3 Å². The highest BCUT2D eigenvalue weighted by Crippen LogP contribution is 2.37. The van der Waals surface area contributed by atoms with Crippen molar-refractivity contribution < 1.29 is 18.3 Å². The van der Waals surface area contributed by atoms with Gasteiger partial charge in [0.15, 0.2) is 5.69 Å². The van der Waals surface area contributed by atoms with Crippen LogP contribution in [0.4, 0.5) is 13.2 Å². The van der Waals surface area contributed by atoms with Gasteiger partial charge in [0.25, 0.3) is 0 Å². The SMILES string of the molecule is C=N/C(=C\SCO)c1c(C(F)(F)F)nc2n1CCCC2. The standard InChI is InChI=1S/C12H14F3N3OS/c1-16-8(6-20-7-19)10-11(12(13,14)15)17-9-4-2-3-5-18(9)10/h6,19H,1-5,7H2/b8-6-. The number of aliphatic hydroxyl groups excluding tert-OH is 1. The van der Waals surface area contributed by atoms with Crippen molar-refractivity contribution in [2.75, 3.05) is 5.94 Å². The lowest BCUT2D eigenvalue weighted by atomic mass is 10.1. The van der Waals surface area contributed by atoms with E-state index in [-0.39, 0.29) is 17.3 Å². The number of aryl methyl sites for hydroxylation is 1. The van der Waals surface area contributed by atoms with E-state index in [1.807, 2.05) is 0 Å². The summed E-state index contributed by atoms with van der Waals surface area (Å²) in [6.07, 6.45) is -2.36. The van der Waals surface area contributed by atoms with Crippen LogP contribution in [0.25, 0.3) is 5.70 Å². The molecule has 0 aliphatic carbocycles. The van der Waals surface area contributed by atoms with Gasteiger partial charge in [0.2, 0.25) is 0 Å². The van der Waals surface area contributed by atoms with E-state index in [1.165, 1.54) is 5.41 Å². The number of thioether (sulfide) groups is 1. The molecule has 1 aromatic rings. The lowest BCUT2D eigenvalue weighted by molar-refractivity contribution is -0.141. The van der Waals surface area contributed by atoms with E-state index in [1.54, 1.807) is 4.57 Å². The molecule has 110 valence electrons. The molecule has 0 aromatic carbocycles. The zero-order valence-corrected chi connectivity index (χ0v) is 11.5. The van der Waals surface area contributed by atoms with Crippen molar-refractivity contribution in [3.05, 3.63) is 22.6 Å². The normalized spacial score (nSPS) is 16.1. The number of aromatic nitrogens is 2. The Morgan fingerprint density at radius 3 is 2.85 bits per heavy atom. The van der Waals surface area contributed by atoms with Gasteiger partial charge in [-0.25, -0.2) is 4.98 Å². The van der Waals surface area contributed by atoms with E-state index < -0.39 is 11.9 Å². The molecule has 2 rings (SSSR count). The van der Waals surface area contributed by atoms with Crippen molar-refractivity contribution in [2.24, 2.45) is 4.99 Å². The second kappa shape index (κ2) is 6.01. The van der Waals surface area contributed by atoms with Crippen LogP contribution in [0.5, 0.6) is 0 Å². The molecule has 0 radical (unpaired) electrons. The number of imidazole rings is 1. The maximum atomic E-state index is 13.1. The molecule has 0 saturated heterocycles. The summed E-state index contributed by atoms with van der Waals surface area (Å²) in [5, 5.41) is 10.2. The highest BCUT2D eigenvalue weighted by molar-refractivity contribution is 8.02. The Hall–Kier alpha value is -1.28. The average Bonchev–Trinajstić information content (AvgIpc) is 2.80. The lowest BCUT2D eigenvalue weighted by Crippen LogP contribution is -2.14. The van der Waals surface area contributed by atoms with Crippen LogP contribution >= 0.6 is 11.8 Å². The Morgan fingerprint density at radius 2 is 2.25 bits per heavy atom. The first kappa shape index (κ1) is 15.1. The van der Waals surface area contributed by atoms with Gasteiger partial charge in [-0.3, -0.25) is 4.99 Å². The molecule has 0 bridgehead atoms. The monoisotopic (exact) mass is 305 g/mol. The summed E-state index contributed by atoms with van der Waals surface area (Å²) >= 11 is 0.960. The molecular weight excluding hydrogens is 291 g/mol. The Labute approximate surface area is 118 Å². The second-order valence-corrected chi connectivity index (χ2v) is 5.12. The fourth-order valence-electron chi connectivity index (χ4n) is 2.23. The zero-order valence-electron chi connectivity index (χ0n) is 10.7. The molecule has 1 aliphatic rings. The fourth-order valence-corrected chi connectivity index (χ4v) is 2.64. The molecule has 0 saturated carbocycles. The molecule has 1 aliphatic heterocycles. The summed E-state index contributed by atoms with van der Waals surface area (Å²) in [6, 6.07) is 0. The van der Waals surface area contributed by atoms with Gasteiger partial charge < -0.3 is 9.67 Å². The van der Waals surface area contributed by atoms with Crippen LogP contribution in [0.2, 0.25) is 0 Å². The number of fused-ring (bicyclic) bond motifs is 1. The molecule has 0 spiro atoms. The average molecular weight is 305 g/mol. The fraction of sp³-hybridized carbons (Fsp3) is 0.500. The summed E-state index contributed by atoms with van der Waals surface area (Å²) in [5.41, 5.74) is -0.883. The number of hydrogen-bond donors (Lipinski definition) is 1. The van der Waals surface area contributed by atoms with Crippen LogP contribution in [0.3, 0.4) is 0 Å². The second-order valence-electron chi connectivity index (χ2n) is 4.29. The summed E-state index contributed by atoms with van der Waals surface area (Å²) < 4.78 is 41.0. The van der Waals surface area contributed by atoms with Crippen LogP contribution in [0, 0.1) is 0 Å². The summed E-state index contributed by atoms with van der Waals surface area (Å²) in [7, 11) is 0. The number of hydrogen-bond acceptors (Lipinski definition) is 4. The Bertz CT molecular complexity index is 537. The third-order valence-electron chi connectivity index (χ3n) is 3.03. The van der Waals surface area contributed by atoms with E-state index in [0.29, 0.717) is 18.8 Å². The van der Waals surface area contributed by atoms with E-state index in [0.717, 1.165) is 24.6 Å². The predicted octanol–water partition coefficient (Wildman–Crippen LogP) is 2.92. The largest absolute Gasteiger partial charge is 0.435 e. The Balaban J connectivity index is 2.59. The number of aliphatic imine (C=N–C) groups is 1. The molecule has 0 atom stereocenters. The van der Waals surface area contributed by atoms with Crippen molar-refractivity contribution in [2.45, 2.75) is 32.0 Å². The first-order chi connectivity index (χ1) is 9.49. The molecule has 1 aromatic heterocycles. The van der Waals surface area contributed by atoms with Gasteiger partial charge in [-0.15, -0.1) is 11.8 Å². The van der Waals surface area contributed by atoms with E-state index in [9.17, 15) is 13.2 Å². The minimum Gasteiger partial charge on any atom is -0.385 e. The Morgan fingerprint density at radius 1 is 1.50 bits per heavy atom. The van der Waals surface area contributed by atoms with Crippen LogP contribution in [0.1, 0.15) is 30.1 Å². The molecule has 0 unspecified atom stereocenters. The van der Waals surface area contributed by atoms with Crippen molar-refractivity contribution in [3.63, 3.8) is 0 Å². The van der Waals surface area contributed by atoms with Crippen LogP contribution in [-0.4, -0.2) is 27.3 Å². The summed E-state index contributed by atoms with van der Waals surface area (Å²) in [5.74, 6) is 0.198. The molecule has 8 heteroatoms. The zero-order chi connectivity index (χ0) is 14.8. The van der Waals surface area contributed by atoms with Gasteiger partial charge in [-0.1, -0.05) is 0 Å². The summed E-state index contributed by atoms with van der Waals surface area (Å²) in [4.78, 5) is 7.41.